The summed E-state index contributed by atoms with van der Waals surface area (Å²) in [6.45, 7) is 6.11. The van der Waals surface area contributed by atoms with Gasteiger partial charge >= 0.3 is 0 Å². The molecule has 1 aromatic rings. The van der Waals surface area contributed by atoms with Gasteiger partial charge in [-0.05, 0) is 19.9 Å². The molecule has 1 aliphatic heterocycles. The molecule has 0 saturated carbocycles. The minimum absolute atomic E-state index is 0.147. The molecule has 1 aromatic carbocycles. The molecule has 0 radical (unpaired) electrons. The van der Waals surface area contributed by atoms with E-state index in [0.717, 1.165) is 19.2 Å². The van der Waals surface area contributed by atoms with Crippen LogP contribution in [0.25, 0.3) is 0 Å². The Kier molecular flexibility index (Phi) is 4.50. The molecular weight excluding hydrogens is 250 g/mol. The maximum atomic E-state index is 13.6. The second kappa shape index (κ2) is 5.94. The normalized spacial score (nSPS) is 26.4. The van der Waals surface area contributed by atoms with Gasteiger partial charge in [-0.3, -0.25) is 4.90 Å². The fourth-order valence-electron chi connectivity index (χ4n) is 2.61. The predicted molar refractivity (Wildman–Crippen MR) is 69.7 cm³/mol. The van der Waals surface area contributed by atoms with Gasteiger partial charge < -0.3 is 10.5 Å². The molecule has 19 heavy (non-hydrogen) atoms. The van der Waals surface area contributed by atoms with Crippen molar-refractivity contribution >= 4 is 0 Å². The van der Waals surface area contributed by atoms with Crippen molar-refractivity contribution in [2.45, 2.75) is 32.1 Å². The molecule has 3 atom stereocenters. The highest BCUT2D eigenvalue weighted by atomic mass is 19.1. The molecule has 2 N–H and O–H groups in total. The lowest BCUT2D eigenvalue weighted by Gasteiger charge is -2.36. The zero-order chi connectivity index (χ0) is 14.0. The van der Waals surface area contributed by atoms with Crippen molar-refractivity contribution in [2.24, 2.45) is 5.73 Å². The summed E-state index contributed by atoms with van der Waals surface area (Å²) in [5, 5.41) is 0. The number of nitrogens with zero attached hydrogens (tertiary/aromatic N) is 1. The molecule has 0 spiro atoms. The fraction of sp³-hybridized carbons (Fsp3) is 0.571. The molecule has 0 aromatic heterocycles. The zero-order valence-corrected chi connectivity index (χ0v) is 11.3. The first-order chi connectivity index (χ1) is 8.95. The quantitative estimate of drug-likeness (QED) is 0.914. The Bertz CT molecular complexity index is 431. The van der Waals surface area contributed by atoms with Gasteiger partial charge in [0, 0.05) is 37.3 Å². The van der Waals surface area contributed by atoms with Crippen LogP contribution in [0.3, 0.4) is 0 Å². The third kappa shape index (κ3) is 3.72. The van der Waals surface area contributed by atoms with Crippen molar-refractivity contribution in [3.8, 4) is 0 Å². The molecule has 1 saturated heterocycles. The molecule has 0 bridgehead atoms. The molecule has 3 unspecified atom stereocenters. The number of halogens is 2. The minimum atomic E-state index is -0.582. The number of hydrogen-bond acceptors (Lipinski definition) is 3. The van der Waals surface area contributed by atoms with Crippen LogP contribution >= 0.6 is 0 Å². The third-order valence-corrected chi connectivity index (χ3v) is 3.31. The molecule has 2 rings (SSSR count). The van der Waals surface area contributed by atoms with Gasteiger partial charge in [0.1, 0.15) is 11.6 Å². The van der Waals surface area contributed by atoms with Crippen LogP contribution in [0, 0.1) is 11.6 Å². The Labute approximate surface area is 112 Å². The first-order valence-electron chi connectivity index (χ1n) is 6.54. The van der Waals surface area contributed by atoms with E-state index in [1.54, 1.807) is 0 Å². The van der Waals surface area contributed by atoms with Crippen molar-refractivity contribution in [2.75, 3.05) is 19.6 Å². The van der Waals surface area contributed by atoms with Crippen molar-refractivity contribution in [3.05, 3.63) is 35.4 Å². The third-order valence-electron chi connectivity index (χ3n) is 3.31. The van der Waals surface area contributed by atoms with E-state index in [4.69, 9.17) is 10.5 Å². The molecule has 106 valence electrons. The monoisotopic (exact) mass is 270 g/mol. The molecule has 1 aliphatic rings. The van der Waals surface area contributed by atoms with E-state index in [1.165, 1.54) is 12.1 Å². The van der Waals surface area contributed by atoms with Gasteiger partial charge in [-0.25, -0.2) is 8.78 Å². The van der Waals surface area contributed by atoms with E-state index < -0.39 is 17.7 Å². The highest BCUT2D eigenvalue weighted by molar-refractivity contribution is 5.22. The second-order valence-electron chi connectivity index (χ2n) is 5.25. The van der Waals surface area contributed by atoms with Gasteiger partial charge in [-0.15, -0.1) is 0 Å². The molecule has 3 nitrogen and oxygen atoms in total. The Morgan fingerprint density at radius 1 is 1.32 bits per heavy atom. The SMILES string of the molecule is CC1CN(CC(N)c2ccc(F)cc2F)CC(C)O1. The van der Waals surface area contributed by atoms with Crippen molar-refractivity contribution < 1.29 is 13.5 Å². The molecule has 1 fully saturated rings. The van der Waals surface area contributed by atoms with Gasteiger partial charge in [-0.1, -0.05) is 6.07 Å². The van der Waals surface area contributed by atoms with Crippen LogP contribution in [0.15, 0.2) is 18.2 Å². The van der Waals surface area contributed by atoms with E-state index in [1.807, 2.05) is 13.8 Å². The average Bonchev–Trinajstić information content (AvgIpc) is 2.26. The summed E-state index contributed by atoms with van der Waals surface area (Å²) in [6, 6.07) is 3.07. The summed E-state index contributed by atoms with van der Waals surface area (Å²) in [4.78, 5) is 2.16. The highest BCUT2D eigenvalue weighted by Crippen LogP contribution is 2.19. The topological polar surface area (TPSA) is 38.5 Å². The zero-order valence-electron chi connectivity index (χ0n) is 11.3. The Hall–Kier alpha value is -1.04. The van der Waals surface area contributed by atoms with E-state index in [0.29, 0.717) is 12.1 Å². The van der Waals surface area contributed by atoms with E-state index >= 15 is 0 Å². The van der Waals surface area contributed by atoms with Gasteiger partial charge in [0.15, 0.2) is 0 Å². The van der Waals surface area contributed by atoms with Crippen molar-refractivity contribution in [1.82, 2.24) is 4.90 Å². The largest absolute Gasteiger partial charge is 0.373 e. The van der Waals surface area contributed by atoms with Crippen LogP contribution < -0.4 is 5.73 Å². The van der Waals surface area contributed by atoms with Crippen LogP contribution in [0.4, 0.5) is 8.78 Å². The van der Waals surface area contributed by atoms with Crippen molar-refractivity contribution in [3.63, 3.8) is 0 Å². The summed E-state index contributed by atoms with van der Waals surface area (Å²) < 4.78 is 32.1. The number of nitrogens with two attached hydrogens (primary N) is 1. The number of benzene rings is 1. The lowest BCUT2D eigenvalue weighted by molar-refractivity contribution is -0.0692. The fourth-order valence-corrected chi connectivity index (χ4v) is 2.61. The Morgan fingerprint density at radius 3 is 2.53 bits per heavy atom. The van der Waals surface area contributed by atoms with Gasteiger partial charge in [0.2, 0.25) is 0 Å². The van der Waals surface area contributed by atoms with E-state index in [2.05, 4.69) is 4.90 Å². The summed E-state index contributed by atoms with van der Waals surface area (Å²) in [7, 11) is 0. The number of morpholine rings is 1. The average molecular weight is 270 g/mol. The summed E-state index contributed by atoms with van der Waals surface area (Å²) >= 11 is 0. The highest BCUT2D eigenvalue weighted by Gasteiger charge is 2.24. The van der Waals surface area contributed by atoms with Gasteiger partial charge in [0.05, 0.1) is 12.2 Å². The second-order valence-corrected chi connectivity index (χ2v) is 5.25. The van der Waals surface area contributed by atoms with Crippen LogP contribution in [-0.4, -0.2) is 36.7 Å². The van der Waals surface area contributed by atoms with Crippen LogP contribution in [-0.2, 0) is 4.74 Å². The van der Waals surface area contributed by atoms with Crippen LogP contribution in [0.2, 0.25) is 0 Å². The van der Waals surface area contributed by atoms with E-state index in [9.17, 15) is 8.78 Å². The number of rotatable bonds is 3. The maximum absolute atomic E-state index is 13.6. The maximum Gasteiger partial charge on any atom is 0.130 e. The van der Waals surface area contributed by atoms with Gasteiger partial charge in [0.25, 0.3) is 0 Å². The molecule has 5 heteroatoms. The summed E-state index contributed by atoms with van der Waals surface area (Å²) in [6.07, 6.45) is 0.294. The Balaban J connectivity index is 2.02. The smallest absolute Gasteiger partial charge is 0.130 e. The first-order valence-corrected chi connectivity index (χ1v) is 6.54. The summed E-state index contributed by atoms with van der Waals surface area (Å²) in [5.74, 6) is -1.16. The lowest BCUT2D eigenvalue weighted by atomic mass is 10.1. The predicted octanol–water partition coefficient (Wildman–Crippen LogP) is 2.07. The molecule has 0 aliphatic carbocycles. The van der Waals surface area contributed by atoms with E-state index in [-0.39, 0.29) is 12.2 Å². The lowest BCUT2D eigenvalue weighted by Crippen LogP contribution is -2.47. The van der Waals surface area contributed by atoms with Crippen molar-refractivity contribution in [1.29, 1.82) is 0 Å². The number of hydrogen-bond donors (Lipinski definition) is 1. The van der Waals surface area contributed by atoms with Gasteiger partial charge in [-0.2, -0.15) is 0 Å². The minimum Gasteiger partial charge on any atom is -0.373 e. The Morgan fingerprint density at radius 2 is 1.95 bits per heavy atom. The molecular formula is C14H20F2N2O. The standard InChI is InChI=1S/C14H20F2N2O/c1-9-6-18(7-10(2)19-9)8-14(17)12-4-3-11(15)5-13(12)16/h3-5,9-10,14H,6-8,17H2,1-2H3. The first kappa shape index (κ1) is 14.4. The van der Waals surface area contributed by atoms with Crippen LogP contribution in [0.5, 0.6) is 0 Å². The molecule has 0 amide bonds. The molecule has 1 heterocycles. The number of ether oxygens (including phenoxy) is 1. The van der Waals surface area contributed by atoms with Crippen LogP contribution in [0.1, 0.15) is 25.5 Å². The summed E-state index contributed by atoms with van der Waals surface area (Å²) in [5.41, 5.74) is 6.38.